The minimum Gasteiger partial charge on any atom is -0.494 e. The summed E-state index contributed by atoms with van der Waals surface area (Å²) in [5.74, 6) is 0.127. The topological polar surface area (TPSA) is 61.3 Å². The van der Waals surface area contributed by atoms with Crippen LogP contribution in [-0.2, 0) is 0 Å². The molecule has 0 radical (unpaired) electrons. The van der Waals surface area contributed by atoms with E-state index in [1.165, 1.54) is 0 Å². The van der Waals surface area contributed by atoms with E-state index in [1.54, 1.807) is 12.4 Å². The number of nitrogens with zero attached hydrogens (tertiary/aromatic N) is 2. The fourth-order valence-electron chi connectivity index (χ4n) is 2.77. The van der Waals surface area contributed by atoms with Gasteiger partial charge in [0.25, 0.3) is 0 Å². The first-order valence-electron chi connectivity index (χ1n) is 7.41. The number of hydrogen-bond acceptors (Lipinski definition) is 3. The summed E-state index contributed by atoms with van der Waals surface area (Å²) < 4.78 is 0. The number of rotatable bonds is 2. The first-order valence-corrected chi connectivity index (χ1v) is 7.41. The van der Waals surface area contributed by atoms with Crippen molar-refractivity contribution in [2.75, 3.05) is 0 Å². The summed E-state index contributed by atoms with van der Waals surface area (Å²) in [4.78, 5) is 11.9. The third-order valence-electron chi connectivity index (χ3n) is 3.92. The molecule has 0 unspecified atom stereocenters. The molecule has 0 aliphatic rings. The highest BCUT2D eigenvalue weighted by Gasteiger charge is 2.09. The first-order chi connectivity index (χ1) is 11.2. The maximum absolute atomic E-state index is 10.2. The average Bonchev–Trinajstić information content (AvgIpc) is 2.87. The number of para-hydroxylation sites is 1. The van der Waals surface area contributed by atoms with Crippen molar-refractivity contribution in [3.63, 3.8) is 0 Å². The molecule has 0 fully saturated rings. The van der Waals surface area contributed by atoms with Gasteiger partial charge in [-0.3, -0.25) is 9.98 Å². The number of aryl methyl sites for hydroxylation is 1. The van der Waals surface area contributed by atoms with E-state index in [1.807, 2.05) is 55.5 Å². The lowest BCUT2D eigenvalue weighted by molar-refractivity contribution is 0.457. The molecule has 4 aromatic rings. The lowest BCUT2D eigenvalue weighted by Crippen LogP contribution is -1.82. The van der Waals surface area contributed by atoms with Crippen LogP contribution in [0.3, 0.4) is 0 Å². The Hall–Kier alpha value is -3.14. The third-order valence-corrected chi connectivity index (χ3v) is 3.92. The summed E-state index contributed by atoms with van der Waals surface area (Å²) >= 11 is 0. The number of nitrogens with one attached hydrogen (secondary N) is 1. The van der Waals surface area contributed by atoms with Crippen molar-refractivity contribution in [1.82, 2.24) is 9.97 Å². The Labute approximate surface area is 133 Å². The maximum atomic E-state index is 10.2. The summed E-state index contributed by atoms with van der Waals surface area (Å²) in [5.41, 5.74) is 4.35. The molecule has 2 aromatic carbocycles. The van der Waals surface area contributed by atoms with Gasteiger partial charge in [-0.2, -0.15) is 0 Å². The van der Waals surface area contributed by atoms with Crippen LogP contribution in [-0.4, -0.2) is 21.3 Å². The van der Waals surface area contributed by atoms with Crippen LogP contribution in [0.1, 0.15) is 11.1 Å². The Bertz CT molecular complexity index is 1040. The van der Waals surface area contributed by atoms with Crippen LogP contribution in [0, 0.1) is 6.92 Å². The van der Waals surface area contributed by atoms with E-state index < -0.39 is 0 Å². The fraction of sp³-hybridized carbons (Fsp3) is 0.0526. The Morgan fingerprint density at radius 2 is 2.00 bits per heavy atom. The van der Waals surface area contributed by atoms with Crippen molar-refractivity contribution in [1.29, 1.82) is 0 Å². The molecule has 2 N–H and O–H groups in total. The lowest BCUT2D eigenvalue weighted by atomic mass is 10.1. The van der Waals surface area contributed by atoms with Crippen molar-refractivity contribution >= 4 is 33.7 Å². The molecule has 2 heterocycles. The molecule has 112 valence electrons. The number of aromatic hydroxyl groups is 1. The van der Waals surface area contributed by atoms with Crippen LogP contribution >= 0.6 is 0 Å². The predicted octanol–water partition coefficient (Wildman–Crippen LogP) is 4.48. The first kappa shape index (κ1) is 13.5. The number of aliphatic imine (C=N–C) groups is 1. The Balaban J connectivity index is 1.85. The number of hydrogen-bond donors (Lipinski definition) is 2. The lowest BCUT2D eigenvalue weighted by Gasteiger charge is -2.00. The van der Waals surface area contributed by atoms with Gasteiger partial charge in [0.05, 0.1) is 16.8 Å². The van der Waals surface area contributed by atoms with Crippen molar-refractivity contribution in [2.24, 2.45) is 4.99 Å². The molecule has 0 saturated carbocycles. The van der Waals surface area contributed by atoms with Gasteiger partial charge in [0.1, 0.15) is 0 Å². The molecule has 23 heavy (non-hydrogen) atoms. The quantitative estimate of drug-likeness (QED) is 0.536. The Kier molecular flexibility index (Phi) is 3.08. The number of pyridine rings is 1. The van der Waals surface area contributed by atoms with Crippen molar-refractivity contribution in [3.8, 4) is 5.88 Å². The van der Waals surface area contributed by atoms with Gasteiger partial charge in [0.2, 0.25) is 0 Å². The molecule has 4 nitrogen and oxygen atoms in total. The third kappa shape index (κ3) is 2.34. The van der Waals surface area contributed by atoms with Crippen molar-refractivity contribution < 1.29 is 5.11 Å². The van der Waals surface area contributed by atoms with Gasteiger partial charge in [0.15, 0.2) is 5.88 Å². The highest BCUT2D eigenvalue weighted by atomic mass is 16.3. The molecule has 4 rings (SSSR count). The van der Waals surface area contributed by atoms with Gasteiger partial charge in [-0.05, 0) is 31.2 Å². The molecule has 0 bridgehead atoms. The van der Waals surface area contributed by atoms with Gasteiger partial charge in [-0.15, -0.1) is 0 Å². The Morgan fingerprint density at radius 1 is 1.13 bits per heavy atom. The van der Waals surface area contributed by atoms with E-state index in [0.29, 0.717) is 5.56 Å². The van der Waals surface area contributed by atoms with Crippen LogP contribution in [0.5, 0.6) is 5.88 Å². The highest BCUT2D eigenvalue weighted by molar-refractivity contribution is 6.03. The van der Waals surface area contributed by atoms with E-state index in [-0.39, 0.29) is 5.88 Å². The Morgan fingerprint density at radius 3 is 2.91 bits per heavy atom. The van der Waals surface area contributed by atoms with E-state index in [2.05, 4.69) is 15.0 Å². The van der Waals surface area contributed by atoms with E-state index in [9.17, 15) is 5.11 Å². The number of fused-ring (bicyclic) bond motifs is 2. The molecule has 0 aliphatic heterocycles. The number of H-pyrrole nitrogens is 1. The molecule has 2 aromatic heterocycles. The van der Waals surface area contributed by atoms with Crippen LogP contribution in [0.15, 0.2) is 59.7 Å². The van der Waals surface area contributed by atoms with Gasteiger partial charge in [-0.25, -0.2) is 0 Å². The van der Waals surface area contributed by atoms with Gasteiger partial charge in [-0.1, -0.05) is 29.8 Å². The molecule has 4 heteroatoms. The fourth-order valence-corrected chi connectivity index (χ4v) is 2.77. The van der Waals surface area contributed by atoms with Crippen LogP contribution in [0.25, 0.3) is 21.8 Å². The second kappa shape index (κ2) is 5.25. The standard InChI is InChI=1S/C19H15N3O/c1-12-7-8-16-14(10-12)15(19(23)22-16)11-21-17-6-2-4-13-5-3-9-20-18(13)17/h2-11,22-23H,1H3. The minimum absolute atomic E-state index is 0.127. The molecule has 0 saturated heterocycles. The van der Waals surface area contributed by atoms with Gasteiger partial charge in [0, 0.05) is 28.7 Å². The number of aromatic nitrogens is 2. The average molecular weight is 301 g/mol. The van der Waals surface area contributed by atoms with Gasteiger partial charge < -0.3 is 10.1 Å². The minimum atomic E-state index is 0.127. The summed E-state index contributed by atoms with van der Waals surface area (Å²) in [6, 6.07) is 15.8. The zero-order chi connectivity index (χ0) is 15.8. The van der Waals surface area contributed by atoms with Crippen molar-refractivity contribution in [3.05, 3.63) is 65.9 Å². The zero-order valence-electron chi connectivity index (χ0n) is 12.6. The number of aromatic amines is 1. The zero-order valence-corrected chi connectivity index (χ0v) is 12.6. The van der Waals surface area contributed by atoms with E-state index in [4.69, 9.17) is 0 Å². The molecular weight excluding hydrogens is 286 g/mol. The largest absolute Gasteiger partial charge is 0.494 e. The van der Waals surface area contributed by atoms with Crippen molar-refractivity contribution in [2.45, 2.75) is 6.92 Å². The molecule has 0 aliphatic carbocycles. The normalized spacial score (nSPS) is 11.7. The van der Waals surface area contributed by atoms with E-state index in [0.717, 1.165) is 33.1 Å². The summed E-state index contributed by atoms with van der Waals surface area (Å²) in [5, 5.41) is 12.2. The van der Waals surface area contributed by atoms with E-state index >= 15 is 0 Å². The summed E-state index contributed by atoms with van der Waals surface area (Å²) in [7, 11) is 0. The molecule has 0 atom stereocenters. The van der Waals surface area contributed by atoms with Crippen LogP contribution < -0.4 is 0 Å². The summed E-state index contributed by atoms with van der Waals surface area (Å²) in [6.07, 6.45) is 3.45. The second-order valence-electron chi connectivity index (χ2n) is 5.55. The highest BCUT2D eigenvalue weighted by Crippen LogP contribution is 2.28. The molecule has 0 amide bonds. The molecule has 0 spiro atoms. The smallest absolute Gasteiger partial charge is 0.198 e. The predicted molar refractivity (Wildman–Crippen MR) is 93.7 cm³/mol. The number of benzene rings is 2. The maximum Gasteiger partial charge on any atom is 0.198 e. The molecular formula is C19H15N3O. The van der Waals surface area contributed by atoms with Crippen LogP contribution in [0.2, 0.25) is 0 Å². The van der Waals surface area contributed by atoms with Gasteiger partial charge >= 0.3 is 0 Å². The summed E-state index contributed by atoms with van der Waals surface area (Å²) in [6.45, 7) is 2.03. The monoisotopic (exact) mass is 301 g/mol. The SMILES string of the molecule is Cc1ccc2[nH]c(O)c(C=Nc3cccc4cccnc34)c2c1. The second-order valence-corrected chi connectivity index (χ2v) is 5.55. The van der Waals surface area contributed by atoms with Crippen LogP contribution in [0.4, 0.5) is 5.69 Å².